The Hall–Kier alpha value is -1.43. The number of aryl methyl sites for hydroxylation is 2. The molecule has 0 spiro atoms. The van der Waals surface area contributed by atoms with Gasteiger partial charge in [0.15, 0.2) is 0 Å². The molecule has 3 heteroatoms. The second kappa shape index (κ2) is 5.95. The van der Waals surface area contributed by atoms with Gasteiger partial charge < -0.3 is 7.58 Å². The second-order valence-corrected chi connectivity index (χ2v) is 6.04. The third-order valence-electron chi connectivity index (χ3n) is 2.65. The van der Waals surface area contributed by atoms with E-state index in [-0.39, 0.29) is 0 Å². The summed E-state index contributed by atoms with van der Waals surface area (Å²) in [6.45, 7) is 4.13. The van der Waals surface area contributed by atoms with Gasteiger partial charge in [0.05, 0.1) is 11.5 Å². The monoisotopic (exact) mass is 256 g/mol. The van der Waals surface area contributed by atoms with E-state index in [2.05, 4.69) is 13.8 Å². The van der Waals surface area contributed by atoms with E-state index in [9.17, 15) is 0 Å². The maximum atomic E-state index is 5.82. The molecule has 0 heterocycles. The van der Waals surface area contributed by atoms with Crippen LogP contribution in [0.25, 0.3) is 0 Å². The third-order valence-corrected chi connectivity index (χ3v) is 3.85. The zero-order chi connectivity index (χ0) is 13.0. The minimum absolute atomic E-state index is 0.881. The largest absolute Gasteiger partial charge is 0.853 e. The molecular weight excluding hydrogens is 239 g/mol. The van der Waals surface area contributed by atoms with Crippen molar-refractivity contribution in [2.45, 2.75) is 19.6 Å². The fourth-order valence-corrected chi connectivity index (χ4v) is 2.77. The molecule has 0 fully saturated rings. The Balaban J connectivity index is 1.94. The summed E-state index contributed by atoms with van der Waals surface area (Å²) in [6.07, 6.45) is 0. The van der Waals surface area contributed by atoms with Crippen molar-refractivity contribution >= 4 is 14.8 Å². The molecule has 0 atom stereocenters. The van der Waals surface area contributed by atoms with Crippen molar-refractivity contribution < 1.29 is 7.58 Å². The molecule has 0 aliphatic heterocycles. The molecule has 2 nitrogen and oxygen atoms in total. The van der Waals surface area contributed by atoms with Crippen LogP contribution in [-0.4, -0.2) is 14.8 Å². The molecule has 0 saturated heterocycles. The first-order valence-electron chi connectivity index (χ1n) is 6.10. The minimum Gasteiger partial charge on any atom is -0.612 e. The van der Waals surface area contributed by atoms with Crippen molar-refractivity contribution in [1.29, 1.82) is 0 Å². The fourth-order valence-electron chi connectivity index (χ4n) is 1.64. The van der Waals surface area contributed by atoms with Crippen molar-refractivity contribution in [3.63, 3.8) is 0 Å². The van der Waals surface area contributed by atoms with Gasteiger partial charge in [-0.05, 0) is 43.9 Å². The van der Waals surface area contributed by atoms with Gasteiger partial charge in [-0.15, -0.1) is 0 Å². The molecule has 2 aromatic carbocycles. The van der Waals surface area contributed by atoms with Crippen LogP contribution in [0.15, 0.2) is 48.5 Å². The van der Waals surface area contributed by atoms with E-state index in [0.29, 0.717) is 0 Å². The Morgan fingerprint density at radius 2 is 1.00 bits per heavy atom. The quantitative estimate of drug-likeness (QED) is 0.773. The SMILES string of the molecule is Cc1ccc([O][Al]([CH3])[O]c2ccc(C)cc2)cc1. The summed E-state index contributed by atoms with van der Waals surface area (Å²) in [5, 5.41) is 0. The number of benzene rings is 2. The van der Waals surface area contributed by atoms with Gasteiger partial charge >= 0.3 is 14.8 Å². The molecule has 2 rings (SSSR count). The Morgan fingerprint density at radius 1 is 0.667 bits per heavy atom. The van der Waals surface area contributed by atoms with Crippen LogP contribution in [0.3, 0.4) is 0 Å². The minimum atomic E-state index is -1.69. The molecule has 0 unspecified atom stereocenters. The molecule has 0 N–H and O–H groups in total. The highest BCUT2D eigenvalue weighted by Gasteiger charge is 2.24. The highest BCUT2D eigenvalue weighted by atomic mass is 27.2. The average Bonchev–Trinajstić information content (AvgIpc) is 2.35. The lowest BCUT2D eigenvalue weighted by molar-refractivity contribution is 0.431. The smallest absolute Gasteiger partial charge is 0.612 e. The van der Waals surface area contributed by atoms with Crippen LogP contribution >= 0.6 is 0 Å². The summed E-state index contributed by atoms with van der Waals surface area (Å²) in [6, 6.07) is 16.1. The van der Waals surface area contributed by atoms with Gasteiger partial charge in [-0.3, -0.25) is 0 Å². The van der Waals surface area contributed by atoms with Gasteiger partial charge in [0, 0.05) is 0 Å². The van der Waals surface area contributed by atoms with Crippen LogP contribution in [0.5, 0.6) is 11.5 Å². The Labute approximate surface area is 113 Å². The summed E-state index contributed by atoms with van der Waals surface area (Å²) < 4.78 is 11.6. The van der Waals surface area contributed by atoms with Gasteiger partial charge in [-0.2, -0.15) is 0 Å². The molecule has 18 heavy (non-hydrogen) atoms. The summed E-state index contributed by atoms with van der Waals surface area (Å²) >= 11 is -1.69. The van der Waals surface area contributed by atoms with Crippen LogP contribution in [0, 0.1) is 13.8 Å². The van der Waals surface area contributed by atoms with Crippen LogP contribution in [-0.2, 0) is 0 Å². The van der Waals surface area contributed by atoms with Gasteiger partial charge in [0.1, 0.15) is 0 Å². The highest BCUT2D eigenvalue weighted by molar-refractivity contribution is 6.44. The normalized spacial score (nSPS) is 9.94. The molecule has 0 aromatic heterocycles. The first-order valence-corrected chi connectivity index (χ1v) is 8.20. The van der Waals surface area contributed by atoms with Crippen LogP contribution in [0.2, 0.25) is 5.79 Å². The lowest BCUT2D eigenvalue weighted by atomic mass is 10.2. The molecular formula is C15H17AlO2. The molecule has 0 bridgehead atoms. The Morgan fingerprint density at radius 3 is 1.33 bits per heavy atom. The van der Waals surface area contributed by atoms with Crippen molar-refractivity contribution in [2.75, 3.05) is 0 Å². The Kier molecular flexibility index (Phi) is 4.30. The molecule has 0 aliphatic rings. The van der Waals surface area contributed by atoms with E-state index in [1.807, 2.05) is 54.3 Å². The summed E-state index contributed by atoms with van der Waals surface area (Å²) in [7, 11) is 0. The zero-order valence-corrected chi connectivity index (χ0v) is 12.2. The first-order chi connectivity index (χ1) is 8.63. The molecule has 2 aromatic rings. The molecule has 0 radical (unpaired) electrons. The predicted molar refractivity (Wildman–Crippen MR) is 75.2 cm³/mol. The second-order valence-electron chi connectivity index (χ2n) is 4.43. The summed E-state index contributed by atoms with van der Waals surface area (Å²) in [5.41, 5.74) is 2.47. The molecule has 0 aliphatic carbocycles. The van der Waals surface area contributed by atoms with Gasteiger partial charge in [-0.1, -0.05) is 35.4 Å². The maximum absolute atomic E-state index is 5.82. The summed E-state index contributed by atoms with van der Waals surface area (Å²) in [5.74, 6) is 3.79. The van der Waals surface area contributed by atoms with E-state index in [1.165, 1.54) is 11.1 Å². The van der Waals surface area contributed by atoms with E-state index in [0.717, 1.165) is 11.5 Å². The standard InChI is InChI=1S/2C7H8O.CH3.Al/c2*1-6-2-4-7(8)5-3-6;;/h2*2-5,8H,1H3;1H3;/q;;;+2/p-2. The lowest BCUT2D eigenvalue weighted by Gasteiger charge is -2.13. The van der Waals surface area contributed by atoms with Gasteiger partial charge in [0.2, 0.25) is 0 Å². The zero-order valence-electron chi connectivity index (χ0n) is 11.0. The average molecular weight is 256 g/mol. The van der Waals surface area contributed by atoms with E-state index in [4.69, 9.17) is 7.58 Å². The third kappa shape index (κ3) is 3.80. The molecule has 92 valence electrons. The van der Waals surface area contributed by atoms with Crippen molar-refractivity contribution in [3.05, 3.63) is 59.7 Å². The van der Waals surface area contributed by atoms with E-state index in [1.54, 1.807) is 0 Å². The van der Waals surface area contributed by atoms with Gasteiger partial charge in [0.25, 0.3) is 0 Å². The van der Waals surface area contributed by atoms with Crippen molar-refractivity contribution in [1.82, 2.24) is 0 Å². The van der Waals surface area contributed by atoms with E-state index < -0.39 is 14.8 Å². The van der Waals surface area contributed by atoms with E-state index >= 15 is 0 Å². The first kappa shape index (κ1) is 13.0. The number of rotatable bonds is 4. The van der Waals surface area contributed by atoms with Gasteiger partial charge in [-0.25, -0.2) is 0 Å². The molecule has 0 saturated carbocycles. The topological polar surface area (TPSA) is 18.5 Å². The van der Waals surface area contributed by atoms with Crippen LogP contribution in [0.4, 0.5) is 0 Å². The van der Waals surface area contributed by atoms with Crippen LogP contribution < -0.4 is 7.58 Å². The molecule has 0 amide bonds. The van der Waals surface area contributed by atoms with Crippen molar-refractivity contribution in [2.24, 2.45) is 0 Å². The summed E-state index contributed by atoms with van der Waals surface area (Å²) in [4.78, 5) is 0. The Bertz CT molecular complexity index is 443. The number of hydrogen-bond donors (Lipinski definition) is 0. The number of hydrogen-bond acceptors (Lipinski definition) is 2. The lowest BCUT2D eigenvalue weighted by Crippen LogP contribution is -2.25. The van der Waals surface area contributed by atoms with Crippen LogP contribution in [0.1, 0.15) is 11.1 Å². The fraction of sp³-hybridized carbons (Fsp3) is 0.200. The highest BCUT2D eigenvalue weighted by Crippen LogP contribution is 2.16. The maximum Gasteiger partial charge on any atom is 0.853 e. The predicted octanol–water partition coefficient (Wildman–Crippen LogP) is 3.88. The van der Waals surface area contributed by atoms with Crippen molar-refractivity contribution in [3.8, 4) is 11.5 Å².